The van der Waals surface area contributed by atoms with Crippen molar-refractivity contribution in [3.05, 3.63) is 34.4 Å². The van der Waals surface area contributed by atoms with E-state index in [1.54, 1.807) is 0 Å². The van der Waals surface area contributed by atoms with Crippen molar-refractivity contribution >= 4 is 0 Å². The van der Waals surface area contributed by atoms with Gasteiger partial charge in [0.15, 0.2) is 0 Å². The third-order valence-electron chi connectivity index (χ3n) is 3.01. The van der Waals surface area contributed by atoms with Crippen LogP contribution in [-0.2, 0) is 12.8 Å². The summed E-state index contributed by atoms with van der Waals surface area (Å²) in [5, 5.41) is 18.2. The van der Waals surface area contributed by atoms with Gasteiger partial charge in [-0.05, 0) is 41.0 Å². The van der Waals surface area contributed by atoms with Gasteiger partial charge in [-0.2, -0.15) is 10.5 Å². The van der Waals surface area contributed by atoms with E-state index in [0.29, 0.717) is 18.3 Å². The van der Waals surface area contributed by atoms with E-state index in [-0.39, 0.29) is 0 Å². The van der Waals surface area contributed by atoms with Gasteiger partial charge in [0.05, 0.1) is 24.1 Å². The molecular formula is C16H20N2. The second-order valence-electron chi connectivity index (χ2n) is 5.41. The third kappa shape index (κ3) is 3.34. The molecule has 0 spiro atoms. The van der Waals surface area contributed by atoms with Crippen molar-refractivity contribution in [2.75, 3.05) is 0 Å². The molecule has 2 heteroatoms. The van der Waals surface area contributed by atoms with Crippen molar-refractivity contribution in [1.29, 1.82) is 10.5 Å². The summed E-state index contributed by atoms with van der Waals surface area (Å²) in [6.45, 7) is 8.47. The molecule has 0 atom stereocenters. The van der Waals surface area contributed by atoms with Gasteiger partial charge in [-0.15, -0.1) is 0 Å². The Morgan fingerprint density at radius 1 is 1.06 bits per heavy atom. The molecule has 0 unspecified atom stereocenters. The summed E-state index contributed by atoms with van der Waals surface area (Å²) in [6.07, 6.45) is 1.31. The van der Waals surface area contributed by atoms with Crippen molar-refractivity contribution in [3.63, 3.8) is 0 Å². The highest BCUT2D eigenvalue weighted by Gasteiger charge is 2.13. The van der Waals surface area contributed by atoms with E-state index in [0.717, 1.165) is 28.7 Å². The Labute approximate surface area is 110 Å². The van der Waals surface area contributed by atoms with Gasteiger partial charge >= 0.3 is 0 Å². The van der Waals surface area contributed by atoms with Crippen LogP contribution in [0.15, 0.2) is 12.1 Å². The quantitative estimate of drug-likeness (QED) is 0.800. The molecule has 0 aliphatic rings. The highest BCUT2D eigenvalue weighted by atomic mass is 14.3. The van der Waals surface area contributed by atoms with Crippen molar-refractivity contribution in [3.8, 4) is 12.1 Å². The van der Waals surface area contributed by atoms with Gasteiger partial charge in [-0.1, -0.05) is 33.8 Å². The minimum Gasteiger partial charge on any atom is -0.198 e. The lowest BCUT2D eigenvalue weighted by Gasteiger charge is -2.15. The number of nitriles is 2. The number of rotatable bonds is 4. The lowest BCUT2D eigenvalue weighted by atomic mass is 9.88. The van der Waals surface area contributed by atoms with E-state index in [1.165, 1.54) is 0 Å². The summed E-state index contributed by atoms with van der Waals surface area (Å²) in [5.41, 5.74) is 4.03. The Balaban J connectivity index is 3.33. The molecule has 0 saturated carbocycles. The number of hydrogen-bond donors (Lipinski definition) is 0. The fraction of sp³-hybridized carbons (Fsp3) is 0.500. The van der Waals surface area contributed by atoms with E-state index >= 15 is 0 Å². The van der Waals surface area contributed by atoms with Crippen LogP contribution in [0.1, 0.15) is 55.9 Å². The first-order valence-electron chi connectivity index (χ1n) is 6.42. The van der Waals surface area contributed by atoms with E-state index in [9.17, 15) is 5.26 Å². The number of benzene rings is 1. The smallest absolute Gasteiger partial charge is 0.0994 e. The number of nitrogens with zero attached hydrogens (tertiary/aromatic N) is 2. The molecule has 94 valence electrons. The van der Waals surface area contributed by atoms with E-state index in [4.69, 9.17) is 5.26 Å². The van der Waals surface area contributed by atoms with Gasteiger partial charge in [-0.3, -0.25) is 0 Å². The SMILES string of the molecule is CC(C)Cc1cc(CC#N)c(C(C)C)cc1C#N. The molecule has 0 fully saturated rings. The van der Waals surface area contributed by atoms with Crippen molar-refractivity contribution in [2.45, 2.75) is 46.5 Å². The Hall–Kier alpha value is -1.80. The molecule has 0 aliphatic heterocycles. The van der Waals surface area contributed by atoms with Crippen LogP contribution in [0.3, 0.4) is 0 Å². The second kappa shape index (κ2) is 6.22. The normalized spacial score (nSPS) is 10.4. The second-order valence-corrected chi connectivity index (χ2v) is 5.41. The first-order chi connectivity index (χ1) is 8.49. The maximum Gasteiger partial charge on any atom is 0.0994 e. The van der Waals surface area contributed by atoms with Gasteiger partial charge in [0.1, 0.15) is 0 Å². The van der Waals surface area contributed by atoms with Crippen molar-refractivity contribution in [1.82, 2.24) is 0 Å². The molecule has 1 rings (SSSR count). The lowest BCUT2D eigenvalue weighted by Crippen LogP contribution is -2.03. The summed E-state index contributed by atoms with van der Waals surface area (Å²) >= 11 is 0. The Bertz CT molecular complexity index is 499. The fourth-order valence-corrected chi connectivity index (χ4v) is 2.20. The molecule has 18 heavy (non-hydrogen) atoms. The van der Waals surface area contributed by atoms with E-state index in [2.05, 4.69) is 45.9 Å². The van der Waals surface area contributed by atoms with Crippen LogP contribution in [0.5, 0.6) is 0 Å². The van der Waals surface area contributed by atoms with Crippen LogP contribution in [0.2, 0.25) is 0 Å². The zero-order chi connectivity index (χ0) is 13.7. The maximum atomic E-state index is 9.24. The predicted octanol–water partition coefficient (Wildman–Crippen LogP) is 3.95. The maximum absolute atomic E-state index is 9.24. The summed E-state index contributed by atoms with van der Waals surface area (Å²) in [5.74, 6) is 0.852. The molecule has 1 aromatic carbocycles. The fourth-order valence-electron chi connectivity index (χ4n) is 2.20. The predicted molar refractivity (Wildman–Crippen MR) is 73.1 cm³/mol. The average molecular weight is 240 g/mol. The van der Waals surface area contributed by atoms with Crippen LogP contribution in [-0.4, -0.2) is 0 Å². The Kier molecular flexibility index (Phi) is 4.93. The zero-order valence-corrected chi connectivity index (χ0v) is 11.6. The molecule has 0 radical (unpaired) electrons. The highest BCUT2D eigenvalue weighted by Crippen LogP contribution is 2.25. The van der Waals surface area contributed by atoms with Gasteiger partial charge < -0.3 is 0 Å². The van der Waals surface area contributed by atoms with Crippen LogP contribution >= 0.6 is 0 Å². The molecule has 0 N–H and O–H groups in total. The monoisotopic (exact) mass is 240 g/mol. The zero-order valence-electron chi connectivity index (χ0n) is 11.6. The first kappa shape index (κ1) is 14.3. The molecule has 2 nitrogen and oxygen atoms in total. The largest absolute Gasteiger partial charge is 0.198 e. The lowest BCUT2D eigenvalue weighted by molar-refractivity contribution is 0.645. The van der Waals surface area contributed by atoms with E-state index < -0.39 is 0 Å². The van der Waals surface area contributed by atoms with Crippen molar-refractivity contribution in [2.24, 2.45) is 5.92 Å². The van der Waals surface area contributed by atoms with E-state index in [1.807, 2.05) is 6.07 Å². The van der Waals surface area contributed by atoms with Gasteiger partial charge in [0, 0.05) is 0 Å². The van der Waals surface area contributed by atoms with Gasteiger partial charge in [0.25, 0.3) is 0 Å². The molecule has 0 aliphatic carbocycles. The molecule has 0 amide bonds. The molecule has 0 aromatic heterocycles. The van der Waals surface area contributed by atoms with Crippen LogP contribution in [0.4, 0.5) is 0 Å². The number of hydrogen-bond acceptors (Lipinski definition) is 2. The van der Waals surface area contributed by atoms with Crippen molar-refractivity contribution < 1.29 is 0 Å². The molecule has 1 aromatic rings. The average Bonchev–Trinajstić information content (AvgIpc) is 2.28. The standard InChI is InChI=1S/C16H20N2/c1-11(2)7-14-8-13(5-6-17)16(12(3)4)9-15(14)10-18/h8-9,11-12H,5,7H2,1-4H3. The molecule has 0 heterocycles. The Morgan fingerprint density at radius 3 is 2.17 bits per heavy atom. The van der Waals surface area contributed by atoms with Crippen LogP contribution in [0, 0.1) is 28.6 Å². The third-order valence-corrected chi connectivity index (χ3v) is 3.01. The van der Waals surface area contributed by atoms with Crippen LogP contribution in [0.25, 0.3) is 0 Å². The highest BCUT2D eigenvalue weighted by molar-refractivity contribution is 5.47. The summed E-state index contributed by atoms with van der Waals surface area (Å²) in [6, 6.07) is 8.52. The molecule has 0 saturated heterocycles. The van der Waals surface area contributed by atoms with Gasteiger partial charge in [-0.25, -0.2) is 0 Å². The summed E-state index contributed by atoms with van der Waals surface area (Å²) in [4.78, 5) is 0. The minimum atomic E-state index is 0.341. The first-order valence-corrected chi connectivity index (χ1v) is 6.42. The van der Waals surface area contributed by atoms with Gasteiger partial charge in [0.2, 0.25) is 0 Å². The molecule has 0 bridgehead atoms. The minimum absolute atomic E-state index is 0.341. The Morgan fingerprint density at radius 2 is 1.72 bits per heavy atom. The topological polar surface area (TPSA) is 47.6 Å². The summed E-state index contributed by atoms with van der Waals surface area (Å²) < 4.78 is 0. The molecular weight excluding hydrogens is 220 g/mol. The summed E-state index contributed by atoms with van der Waals surface area (Å²) in [7, 11) is 0. The van der Waals surface area contributed by atoms with Crippen LogP contribution < -0.4 is 0 Å².